The van der Waals surface area contributed by atoms with Gasteiger partial charge in [0.15, 0.2) is 23.3 Å². The van der Waals surface area contributed by atoms with Crippen LogP contribution in [0, 0.1) is 11.6 Å². The first-order valence-electron chi connectivity index (χ1n) is 6.42. The van der Waals surface area contributed by atoms with E-state index in [1.54, 1.807) is 0 Å². The zero-order valence-electron chi connectivity index (χ0n) is 11.7. The molecule has 3 nitrogen and oxygen atoms in total. The number of aromatic nitrogens is 1. The van der Waals surface area contributed by atoms with E-state index in [-0.39, 0.29) is 11.6 Å². The van der Waals surface area contributed by atoms with Gasteiger partial charge in [0.25, 0.3) is 0 Å². The van der Waals surface area contributed by atoms with Crippen molar-refractivity contribution in [2.45, 2.75) is 19.8 Å². The van der Waals surface area contributed by atoms with Crippen LogP contribution in [0.4, 0.5) is 26.1 Å². The molecule has 0 aliphatic carbocycles. The Morgan fingerprint density at radius 2 is 1.75 bits per heavy atom. The Kier molecular flexibility index (Phi) is 4.17. The van der Waals surface area contributed by atoms with Crippen molar-refractivity contribution in [1.29, 1.82) is 0 Å². The molecule has 1 aromatic heterocycles. The third kappa shape index (κ3) is 3.04. The molecule has 0 amide bonds. The van der Waals surface area contributed by atoms with Gasteiger partial charge in [-0.15, -0.1) is 0 Å². The molecule has 0 saturated heterocycles. The van der Waals surface area contributed by atoms with Crippen LogP contribution in [0.2, 0.25) is 0 Å². The number of nitrogens with zero attached hydrogens (tertiary/aromatic N) is 1. The second-order valence-corrected chi connectivity index (χ2v) is 4.80. The van der Waals surface area contributed by atoms with E-state index in [4.69, 9.17) is 0 Å². The van der Waals surface area contributed by atoms with Crippen LogP contribution < -0.4 is 10.6 Å². The highest BCUT2D eigenvalue weighted by Crippen LogP contribution is 2.24. The summed E-state index contributed by atoms with van der Waals surface area (Å²) in [6.07, 6.45) is 0. The minimum Gasteiger partial charge on any atom is -0.371 e. The van der Waals surface area contributed by atoms with Gasteiger partial charge in [0.1, 0.15) is 0 Å². The van der Waals surface area contributed by atoms with Gasteiger partial charge in [0, 0.05) is 18.8 Å². The Bertz CT molecular complexity index is 612. The third-order valence-corrected chi connectivity index (χ3v) is 2.98. The summed E-state index contributed by atoms with van der Waals surface area (Å²) >= 11 is 0. The number of anilines is 3. The summed E-state index contributed by atoms with van der Waals surface area (Å²) in [6.45, 7) is 4.16. The van der Waals surface area contributed by atoms with Gasteiger partial charge in [-0.2, -0.15) is 0 Å². The number of hydrogen-bond donors (Lipinski definition) is 2. The highest BCUT2D eigenvalue weighted by Gasteiger charge is 2.11. The lowest BCUT2D eigenvalue weighted by Gasteiger charge is -2.11. The van der Waals surface area contributed by atoms with E-state index in [9.17, 15) is 8.78 Å². The molecule has 106 valence electrons. The first-order valence-corrected chi connectivity index (χ1v) is 6.42. The van der Waals surface area contributed by atoms with Crippen LogP contribution in [0.25, 0.3) is 0 Å². The summed E-state index contributed by atoms with van der Waals surface area (Å²) in [5.41, 5.74) is 1.85. The molecule has 2 rings (SSSR count). The van der Waals surface area contributed by atoms with E-state index in [0.717, 1.165) is 17.3 Å². The molecule has 0 radical (unpaired) electrons. The number of rotatable bonds is 4. The van der Waals surface area contributed by atoms with Crippen molar-refractivity contribution >= 4 is 17.3 Å². The molecule has 20 heavy (non-hydrogen) atoms. The van der Waals surface area contributed by atoms with E-state index < -0.39 is 11.6 Å². The molecule has 0 atom stereocenters. The summed E-state index contributed by atoms with van der Waals surface area (Å²) in [4.78, 5) is 3.89. The highest BCUT2D eigenvalue weighted by atomic mass is 19.1. The fourth-order valence-electron chi connectivity index (χ4n) is 1.84. The van der Waals surface area contributed by atoms with Gasteiger partial charge in [0.2, 0.25) is 0 Å². The number of halogens is 2. The van der Waals surface area contributed by atoms with Gasteiger partial charge in [-0.05, 0) is 23.6 Å². The molecule has 0 aliphatic heterocycles. The number of benzene rings is 1. The van der Waals surface area contributed by atoms with E-state index in [1.165, 1.54) is 7.05 Å². The molecule has 0 aliphatic rings. The van der Waals surface area contributed by atoms with E-state index in [2.05, 4.69) is 29.5 Å². The Morgan fingerprint density at radius 3 is 2.40 bits per heavy atom. The minimum atomic E-state index is -0.726. The van der Waals surface area contributed by atoms with Crippen molar-refractivity contribution in [3.8, 4) is 0 Å². The standard InChI is InChI=1S/C15H17F2N3/c1-9(2)10-5-4-6-11(7-10)19-15-13(17)8-12(16)14(18-3)20-15/h4-9H,1-3H3,(H2,18,19,20). The molecule has 1 aromatic carbocycles. The Labute approximate surface area is 117 Å². The lowest BCUT2D eigenvalue weighted by Crippen LogP contribution is -2.03. The predicted octanol–water partition coefficient (Wildman–Crippen LogP) is 4.27. The third-order valence-electron chi connectivity index (χ3n) is 2.98. The van der Waals surface area contributed by atoms with Crippen molar-refractivity contribution in [2.24, 2.45) is 0 Å². The van der Waals surface area contributed by atoms with Crippen molar-refractivity contribution in [1.82, 2.24) is 4.98 Å². The fourth-order valence-corrected chi connectivity index (χ4v) is 1.84. The smallest absolute Gasteiger partial charge is 0.169 e. The van der Waals surface area contributed by atoms with E-state index >= 15 is 0 Å². The molecule has 2 N–H and O–H groups in total. The Balaban J connectivity index is 2.32. The van der Waals surface area contributed by atoms with Gasteiger partial charge in [-0.25, -0.2) is 13.8 Å². The van der Waals surface area contributed by atoms with E-state index in [0.29, 0.717) is 5.92 Å². The summed E-state index contributed by atoms with van der Waals surface area (Å²) < 4.78 is 27.1. The van der Waals surface area contributed by atoms with Crippen molar-refractivity contribution in [2.75, 3.05) is 17.7 Å². The molecule has 2 aromatic rings. The average molecular weight is 277 g/mol. The van der Waals surface area contributed by atoms with Crippen LogP contribution in [-0.2, 0) is 0 Å². The molecular formula is C15H17F2N3. The monoisotopic (exact) mass is 277 g/mol. The minimum absolute atomic E-state index is 0.00310. The zero-order chi connectivity index (χ0) is 14.7. The Morgan fingerprint density at radius 1 is 1.05 bits per heavy atom. The van der Waals surface area contributed by atoms with Crippen LogP contribution in [0.1, 0.15) is 25.3 Å². The maximum atomic E-state index is 13.7. The molecule has 0 unspecified atom stereocenters. The van der Waals surface area contributed by atoms with Gasteiger partial charge < -0.3 is 10.6 Å². The summed E-state index contributed by atoms with van der Waals surface area (Å²) in [6, 6.07) is 8.44. The molecule has 0 fully saturated rings. The lowest BCUT2D eigenvalue weighted by atomic mass is 10.0. The van der Waals surface area contributed by atoms with Crippen molar-refractivity contribution < 1.29 is 8.78 Å². The van der Waals surface area contributed by atoms with Gasteiger partial charge in [-0.1, -0.05) is 26.0 Å². The van der Waals surface area contributed by atoms with Gasteiger partial charge in [0.05, 0.1) is 0 Å². The quantitative estimate of drug-likeness (QED) is 0.876. The largest absolute Gasteiger partial charge is 0.371 e. The fraction of sp³-hybridized carbons (Fsp3) is 0.267. The van der Waals surface area contributed by atoms with E-state index in [1.807, 2.05) is 24.3 Å². The second kappa shape index (κ2) is 5.86. The molecule has 0 saturated carbocycles. The van der Waals surface area contributed by atoms with Crippen LogP contribution in [0.15, 0.2) is 30.3 Å². The number of pyridine rings is 1. The Hall–Kier alpha value is -2.17. The maximum absolute atomic E-state index is 13.7. The topological polar surface area (TPSA) is 37.0 Å². The average Bonchev–Trinajstić information content (AvgIpc) is 2.42. The van der Waals surface area contributed by atoms with Crippen molar-refractivity contribution in [3.05, 3.63) is 47.5 Å². The van der Waals surface area contributed by atoms with Gasteiger partial charge in [-0.3, -0.25) is 0 Å². The number of hydrogen-bond acceptors (Lipinski definition) is 3. The molecular weight excluding hydrogens is 260 g/mol. The summed E-state index contributed by atoms with van der Waals surface area (Å²) in [5, 5.41) is 5.46. The second-order valence-electron chi connectivity index (χ2n) is 4.80. The summed E-state index contributed by atoms with van der Waals surface area (Å²) in [7, 11) is 1.53. The first kappa shape index (κ1) is 14.2. The highest BCUT2D eigenvalue weighted by molar-refractivity contribution is 5.59. The molecule has 5 heteroatoms. The van der Waals surface area contributed by atoms with Crippen LogP contribution in [0.3, 0.4) is 0 Å². The van der Waals surface area contributed by atoms with Crippen LogP contribution in [0.5, 0.6) is 0 Å². The summed E-state index contributed by atoms with van der Waals surface area (Å²) in [5.74, 6) is -1.07. The maximum Gasteiger partial charge on any atom is 0.169 e. The van der Waals surface area contributed by atoms with Crippen LogP contribution in [-0.4, -0.2) is 12.0 Å². The lowest BCUT2D eigenvalue weighted by molar-refractivity contribution is 0.580. The molecule has 0 spiro atoms. The zero-order valence-corrected chi connectivity index (χ0v) is 11.7. The normalized spacial score (nSPS) is 10.7. The SMILES string of the molecule is CNc1nc(Nc2cccc(C(C)C)c2)c(F)cc1F. The first-order chi connectivity index (χ1) is 9.51. The molecule has 1 heterocycles. The predicted molar refractivity (Wildman–Crippen MR) is 77.5 cm³/mol. The van der Waals surface area contributed by atoms with Gasteiger partial charge >= 0.3 is 0 Å². The van der Waals surface area contributed by atoms with Crippen LogP contribution >= 0.6 is 0 Å². The van der Waals surface area contributed by atoms with Crippen molar-refractivity contribution in [3.63, 3.8) is 0 Å². The number of nitrogens with one attached hydrogen (secondary N) is 2. The molecule has 0 bridgehead atoms.